The number of carboxylic acids is 1. The molecule has 7 nitrogen and oxygen atoms in total. The zero-order valence-electron chi connectivity index (χ0n) is 18.1. The number of carboxylic acid groups (broad SMARTS) is 1. The first kappa shape index (κ1) is 25.1. The van der Waals surface area contributed by atoms with E-state index in [-0.39, 0.29) is 36.2 Å². The fourth-order valence-electron chi connectivity index (χ4n) is 4.67. The average molecular weight is 452 g/mol. The molecule has 1 aliphatic carbocycles. The maximum Gasteiger partial charge on any atom is 0.326 e. The highest BCUT2D eigenvalue weighted by Crippen LogP contribution is 2.29. The third-order valence-electron chi connectivity index (χ3n) is 6.41. The van der Waals surface area contributed by atoms with Crippen LogP contribution >= 0.6 is 12.4 Å². The number of rotatable bonds is 7. The van der Waals surface area contributed by atoms with E-state index in [9.17, 15) is 19.5 Å². The van der Waals surface area contributed by atoms with Gasteiger partial charge in [-0.05, 0) is 87.6 Å². The van der Waals surface area contributed by atoms with Gasteiger partial charge in [0.05, 0.1) is 0 Å². The number of piperidine rings is 1. The van der Waals surface area contributed by atoms with Crippen molar-refractivity contribution in [2.24, 2.45) is 5.92 Å². The molecule has 1 saturated carbocycles. The van der Waals surface area contributed by atoms with Crippen molar-refractivity contribution >= 4 is 30.2 Å². The molecule has 4 N–H and O–H groups in total. The molecule has 1 aliphatic heterocycles. The van der Waals surface area contributed by atoms with Crippen molar-refractivity contribution in [3.05, 3.63) is 35.4 Å². The van der Waals surface area contributed by atoms with E-state index in [0.29, 0.717) is 17.9 Å². The first-order valence-corrected chi connectivity index (χ1v) is 11.0. The van der Waals surface area contributed by atoms with Crippen molar-refractivity contribution in [2.45, 2.75) is 69.9 Å². The molecule has 1 saturated heterocycles. The van der Waals surface area contributed by atoms with Gasteiger partial charge in [-0.25, -0.2) is 4.79 Å². The highest BCUT2D eigenvalue weighted by Gasteiger charge is 2.28. The summed E-state index contributed by atoms with van der Waals surface area (Å²) in [6.07, 6.45) is 6.07. The van der Waals surface area contributed by atoms with Gasteiger partial charge in [0.15, 0.2) is 0 Å². The summed E-state index contributed by atoms with van der Waals surface area (Å²) in [5, 5.41) is 18.3. The van der Waals surface area contributed by atoms with E-state index in [4.69, 9.17) is 0 Å². The largest absolute Gasteiger partial charge is 0.480 e. The highest BCUT2D eigenvalue weighted by molar-refractivity contribution is 5.94. The number of aliphatic carboxylic acids is 1. The van der Waals surface area contributed by atoms with Crippen LogP contribution in [0.2, 0.25) is 0 Å². The maximum atomic E-state index is 12.6. The summed E-state index contributed by atoms with van der Waals surface area (Å²) in [6.45, 7) is 3.43. The Labute approximate surface area is 190 Å². The topological polar surface area (TPSA) is 108 Å². The lowest BCUT2D eigenvalue weighted by molar-refractivity contribution is -0.142. The molecule has 2 amide bonds. The van der Waals surface area contributed by atoms with Crippen molar-refractivity contribution in [1.82, 2.24) is 16.0 Å². The maximum absolute atomic E-state index is 12.6. The highest BCUT2D eigenvalue weighted by atomic mass is 35.5. The van der Waals surface area contributed by atoms with Gasteiger partial charge in [-0.3, -0.25) is 9.59 Å². The molecule has 0 radical (unpaired) electrons. The van der Waals surface area contributed by atoms with Crippen molar-refractivity contribution < 1.29 is 19.5 Å². The summed E-state index contributed by atoms with van der Waals surface area (Å²) in [7, 11) is 0. The summed E-state index contributed by atoms with van der Waals surface area (Å²) < 4.78 is 0. The number of amides is 2. The predicted molar refractivity (Wildman–Crippen MR) is 122 cm³/mol. The Morgan fingerprint density at radius 2 is 1.65 bits per heavy atom. The van der Waals surface area contributed by atoms with Crippen LogP contribution in [0.3, 0.4) is 0 Å². The lowest BCUT2D eigenvalue weighted by Gasteiger charge is -2.30. The number of benzene rings is 1. The number of halogens is 1. The van der Waals surface area contributed by atoms with E-state index in [0.717, 1.165) is 51.6 Å². The van der Waals surface area contributed by atoms with Gasteiger partial charge in [0, 0.05) is 18.5 Å². The van der Waals surface area contributed by atoms with E-state index in [1.807, 2.05) is 12.1 Å². The second kappa shape index (κ2) is 12.1. The monoisotopic (exact) mass is 451 g/mol. The van der Waals surface area contributed by atoms with Crippen molar-refractivity contribution in [3.63, 3.8) is 0 Å². The first-order chi connectivity index (χ1) is 14.4. The third kappa shape index (κ3) is 7.51. The fourth-order valence-corrected chi connectivity index (χ4v) is 4.67. The molecule has 1 atom stereocenters. The summed E-state index contributed by atoms with van der Waals surface area (Å²) in [5.74, 6) is -0.541. The number of carbonyl (C=O) groups excluding carboxylic acids is 2. The van der Waals surface area contributed by atoms with E-state index in [2.05, 4.69) is 28.1 Å². The zero-order valence-corrected chi connectivity index (χ0v) is 18.9. The molecule has 8 heteroatoms. The quantitative estimate of drug-likeness (QED) is 0.510. The fraction of sp³-hybridized carbons (Fsp3) is 0.609. The summed E-state index contributed by atoms with van der Waals surface area (Å²) in [6, 6.07) is 7.28. The molecule has 1 heterocycles. The van der Waals surface area contributed by atoms with Crippen molar-refractivity contribution in [2.75, 3.05) is 13.1 Å². The van der Waals surface area contributed by atoms with Gasteiger partial charge < -0.3 is 21.1 Å². The van der Waals surface area contributed by atoms with Gasteiger partial charge in [0.1, 0.15) is 6.04 Å². The Bertz CT molecular complexity index is 742. The number of nitrogens with one attached hydrogen (secondary N) is 3. The second-order valence-electron chi connectivity index (χ2n) is 8.66. The van der Waals surface area contributed by atoms with E-state index in [1.165, 1.54) is 12.5 Å². The number of hydrogen-bond donors (Lipinski definition) is 4. The van der Waals surface area contributed by atoms with E-state index >= 15 is 0 Å². The van der Waals surface area contributed by atoms with Crippen molar-refractivity contribution in [3.8, 4) is 0 Å². The minimum absolute atomic E-state index is 0. The molecule has 172 valence electrons. The third-order valence-corrected chi connectivity index (χ3v) is 6.41. The molecular formula is C23H34ClN3O4. The van der Waals surface area contributed by atoms with Crippen LogP contribution in [-0.4, -0.2) is 48.1 Å². The summed E-state index contributed by atoms with van der Waals surface area (Å²) in [4.78, 5) is 35.1. The standard InChI is InChI=1S/C23H33N3O4.ClH/c1-15(27)25-21(23(29)30)14-16-2-8-20(9-3-16)26-22(28)19-6-4-17(5-7-19)18-10-12-24-13-11-18;/h4-7,16,18,20-21,24H,2-3,8-14H2,1H3,(H,25,27)(H,26,28)(H,29,30);1H. The van der Waals surface area contributed by atoms with Gasteiger partial charge in [0.25, 0.3) is 5.91 Å². The molecule has 31 heavy (non-hydrogen) atoms. The van der Waals surface area contributed by atoms with Gasteiger partial charge in [-0.1, -0.05) is 12.1 Å². The Kier molecular flexibility index (Phi) is 9.78. The van der Waals surface area contributed by atoms with Crippen LogP contribution in [-0.2, 0) is 9.59 Å². The molecule has 1 aromatic carbocycles. The molecule has 1 unspecified atom stereocenters. The van der Waals surface area contributed by atoms with Crippen LogP contribution in [0.4, 0.5) is 0 Å². The molecule has 1 aromatic rings. The second-order valence-corrected chi connectivity index (χ2v) is 8.66. The minimum Gasteiger partial charge on any atom is -0.480 e. The summed E-state index contributed by atoms with van der Waals surface area (Å²) in [5.41, 5.74) is 1.99. The van der Waals surface area contributed by atoms with Gasteiger partial charge in [-0.2, -0.15) is 0 Å². The Balaban J connectivity index is 0.00000341. The molecule has 0 spiro atoms. The Morgan fingerprint density at radius 3 is 2.19 bits per heavy atom. The lowest BCUT2D eigenvalue weighted by Crippen LogP contribution is -2.42. The van der Waals surface area contributed by atoms with Gasteiger partial charge >= 0.3 is 5.97 Å². The molecule has 0 aromatic heterocycles. The lowest BCUT2D eigenvalue weighted by atomic mass is 9.82. The molecule has 3 rings (SSSR count). The SMILES string of the molecule is CC(=O)NC(CC1CCC(NC(=O)c2ccc(C3CCNCC3)cc2)CC1)C(=O)O.Cl. The Hall–Kier alpha value is -2.12. The van der Waals surface area contributed by atoms with Crippen LogP contribution < -0.4 is 16.0 Å². The zero-order chi connectivity index (χ0) is 21.5. The van der Waals surface area contributed by atoms with Gasteiger partial charge in [-0.15, -0.1) is 12.4 Å². The van der Waals surface area contributed by atoms with Crippen LogP contribution in [0.5, 0.6) is 0 Å². The van der Waals surface area contributed by atoms with Gasteiger partial charge in [0.2, 0.25) is 5.91 Å². The number of hydrogen-bond acceptors (Lipinski definition) is 4. The normalized spacial score (nSPS) is 22.6. The van der Waals surface area contributed by atoms with Crippen LogP contribution in [0.25, 0.3) is 0 Å². The molecule has 0 bridgehead atoms. The van der Waals surface area contributed by atoms with Crippen molar-refractivity contribution in [1.29, 1.82) is 0 Å². The van der Waals surface area contributed by atoms with Crippen LogP contribution in [0, 0.1) is 5.92 Å². The van der Waals surface area contributed by atoms with Crippen LogP contribution in [0.1, 0.15) is 73.7 Å². The minimum atomic E-state index is -0.992. The average Bonchev–Trinajstić information content (AvgIpc) is 2.75. The first-order valence-electron chi connectivity index (χ1n) is 11.0. The van der Waals surface area contributed by atoms with E-state index < -0.39 is 12.0 Å². The number of carbonyl (C=O) groups is 3. The smallest absolute Gasteiger partial charge is 0.326 e. The van der Waals surface area contributed by atoms with Crippen LogP contribution in [0.15, 0.2) is 24.3 Å². The molecule has 2 fully saturated rings. The predicted octanol–water partition coefficient (Wildman–Crippen LogP) is 2.84. The van der Waals surface area contributed by atoms with E-state index in [1.54, 1.807) is 0 Å². The summed E-state index contributed by atoms with van der Waals surface area (Å²) >= 11 is 0. The molecular weight excluding hydrogens is 418 g/mol. The molecule has 2 aliphatic rings. The Morgan fingerprint density at radius 1 is 1.03 bits per heavy atom.